The topological polar surface area (TPSA) is 44.1 Å². The Morgan fingerprint density at radius 1 is 1.50 bits per heavy atom. The smallest absolute Gasteiger partial charge is 0.157 e. The number of rotatable bonds is 2. The van der Waals surface area contributed by atoms with Crippen LogP contribution in [0.5, 0.6) is 0 Å². The maximum atomic E-state index is 11.7. The molecule has 76 valence electrons. The van der Waals surface area contributed by atoms with Crippen LogP contribution in [0.3, 0.4) is 0 Å². The largest absolute Gasteiger partial charge is 0.381 e. The van der Waals surface area contributed by atoms with Crippen LogP contribution in [0.1, 0.15) is 19.8 Å². The van der Waals surface area contributed by atoms with E-state index in [1.54, 1.807) is 17.8 Å². The lowest BCUT2D eigenvalue weighted by molar-refractivity contribution is -0.131. The Labute approximate surface area is 82.9 Å². The summed E-state index contributed by atoms with van der Waals surface area (Å²) in [5.41, 5.74) is -0.457. The van der Waals surface area contributed by atoms with Gasteiger partial charge in [-0.15, -0.1) is 0 Å². The second kappa shape index (κ2) is 3.53. The maximum absolute atomic E-state index is 11.7. The number of hydrogen-bond acceptors (Lipinski definition) is 3. The molecule has 1 aromatic heterocycles. The fraction of sp³-hybridized carbons (Fsp3) is 0.600. The molecule has 14 heavy (non-hydrogen) atoms. The lowest BCUT2D eigenvalue weighted by atomic mass is 9.86. The molecule has 4 heteroatoms. The van der Waals surface area contributed by atoms with E-state index in [1.165, 1.54) is 0 Å². The SMILES string of the molecule is CC(=O)C1(n2cccn2)CCOCC1. The van der Waals surface area contributed by atoms with Gasteiger partial charge < -0.3 is 4.74 Å². The molecule has 0 aliphatic carbocycles. The summed E-state index contributed by atoms with van der Waals surface area (Å²) in [5.74, 6) is 0.171. The second-order valence-electron chi connectivity index (χ2n) is 3.65. The summed E-state index contributed by atoms with van der Waals surface area (Å²) in [4.78, 5) is 11.7. The van der Waals surface area contributed by atoms with Crippen molar-refractivity contribution >= 4 is 5.78 Å². The number of Topliss-reactive ketones (excluding diaryl/α,β-unsaturated/α-hetero) is 1. The predicted molar refractivity (Wildman–Crippen MR) is 50.9 cm³/mol. The number of ether oxygens (including phenoxy) is 1. The highest BCUT2D eigenvalue weighted by Gasteiger charge is 2.39. The van der Waals surface area contributed by atoms with Gasteiger partial charge >= 0.3 is 0 Å². The summed E-state index contributed by atoms with van der Waals surface area (Å²) >= 11 is 0. The number of nitrogens with zero attached hydrogens (tertiary/aromatic N) is 2. The molecular weight excluding hydrogens is 180 g/mol. The van der Waals surface area contributed by atoms with Gasteiger partial charge in [0.2, 0.25) is 0 Å². The van der Waals surface area contributed by atoms with Crippen LogP contribution in [0.15, 0.2) is 18.5 Å². The Morgan fingerprint density at radius 2 is 2.21 bits per heavy atom. The molecule has 0 radical (unpaired) electrons. The average Bonchev–Trinajstić information content (AvgIpc) is 2.72. The molecule has 0 spiro atoms. The molecule has 0 atom stereocenters. The average molecular weight is 194 g/mol. The van der Waals surface area contributed by atoms with Gasteiger partial charge in [-0.05, 0) is 13.0 Å². The molecule has 2 rings (SSSR count). The van der Waals surface area contributed by atoms with Gasteiger partial charge in [0.05, 0.1) is 0 Å². The van der Waals surface area contributed by atoms with Gasteiger partial charge in [0.1, 0.15) is 5.54 Å². The van der Waals surface area contributed by atoms with Crippen LogP contribution in [-0.4, -0.2) is 28.8 Å². The quantitative estimate of drug-likeness (QED) is 0.704. The van der Waals surface area contributed by atoms with Gasteiger partial charge in [0.15, 0.2) is 5.78 Å². The Hall–Kier alpha value is -1.16. The molecule has 1 fully saturated rings. The van der Waals surface area contributed by atoms with Crippen molar-refractivity contribution in [3.8, 4) is 0 Å². The van der Waals surface area contributed by atoms with E-state index in [1.807, 2.05) is 12.3 Å². The number of aromatic nitrogens is 2. The van der Waals surface area contributed by atoms with Crippen LogP contribution in [0.4, 0.5) is 0 Å². The van der Waals surface area contributed by atoms with E-state index in [4.69, 9.17) is 4.74 Å². The zero-order valence-corrected chi connectivity index (χ0v) is 8.27. The monoisotopic (exact) mass is 194 g/mol. The van der Waals surface area contributed by atoms with Crippen LogP contribution < -0.4 is 0 Å². The molecule has 0 aromatic carbocycles. The van der Waals surface area contributed by atoms with Gasteiger partial charge in [-0.25, -0.2) is 0 Å². The van der Waals surface area contributed by atoms with Crippen molar-refractivity contribution in [3.63, 3.8) is 0 Å². The van der Waals surface area contributed by atoms with Crippen molar-refractivity contribution in [3.05, 3.63) is 18.5 Å². The van der Waals surface area contributed by atoms with Crippen molar-refractivity contribution in [2.24, 2.45) is 0 Å². The lowest BCUT2D eigenvalue weighted by Crippen LogP contribution is -2.45. The molecule has 0 saturated carbocycles. The number of carbonyl (C=O) groups excluding carboxylic acids is 1. The zero-order chi connectivity index (χ0) is 10.0. The standard InChI is InChI=1S/C10H14N2O2/c1-9(13)10(3-7-14-8-4-10)12-6-2-5-11-12/h2,5-6H,3-4,7-8H2,1H3. The molecule has 0 amide bonds. The highest BCUT2D eigenvalue weighted by Crippen LogP contribution is 2.29. The summed E-state index contributed by atoms with van der Waals surface area (Å²) < 4.78 is 7.06. The van der Waals surface area contributed by atoms with Crippen LogP contribution in [0.2, 0.25) is 0 Å². The Balaban J connectivity index is 2.35. The van der Waals surface area contributed by atoms with E-state index < -0.39 is 5.54 Å². The normalized spacial score (nSPS) is 20.6. The van der Waals surface area contributed by atoms with Crippen molar-refractivity contribution in [2.75, 3.05) is 13.2 Å². The van der Waals surface area contributed by atoms with Crippen LogP contribution in [0, 0.1) is 0 Å². The third-order valence-corrected chi connectivity index (χ3v) is 2.92. The van der Waals surface area contributed by atoms with Crippen molar-refractivity contribution in [2.45, 2.75) is 25.3 Å². The van der Waals surface area contributed by atoms with E-state index in [2.05, 4.69) is 5.10 Å². The van der Waals surface area contributed by atoms with Crippen LogP contribution >= 0.6 is 0 Å². The molecule has 0 bridgehead atoms. The third kappa shape index (κ3) is 1.35. The first-order chi connectivity index (χ1) is 6.76. The Bertz CT molecular complexity index is 313. The van der Waals surface area contributed by atoms with E-state index in [-0.39, 0.29) is 5.78 Å². The first kappa shape index (κ1) is 9.40. The number of carbonyl (C=O) groups is 1. The molecule has 4 nitrogen and oxygen atoms in total. The van der Waals surface area contributed by atoms with Gasteiger partial charge in [0, 0.05) is 38.4 Å². The van der Waals surface area contributed by atoms with Crippen LogP contribution in [-0.2, 0) is 15.1 Å². The van der Waals surface area contributed by atoms with Crippen molar-refractivity contribution < 1.29 is 9.53 Å². The number of hydrogen-bond donors (Lipinski definition) is 0. The molecule has 1 aromatic rings. The molecule has 1 aliphatic rings. The molecule has 1 saturated heterocycles. The summed E-state index contributed by atoms with van der Waals surface area (Å²) in [7, 11) is 0. The lowest BCUT2D eigenvalue weighted by Gasteiger charge is -2.35. The van der Waals surface area contributed by atoms with Crippen LogP contribution in [0.25, 0.3) is 0 Å². The molecule has 1 aliphatic heterocycles. The van der Waals surface area contributed by atoms with E-state index in [9.17, 15) is 4.79 Å². The van der Waals surface area contributed by atoms with Gasteiger partial charge in [-0.2, -0.15) is 5.10 Å². The van der Waals surface area contributed by atoms with Gasteiger partial charge in [-0.3, -0.25) is 9.48 Å². The van der Waals surface area contributed by atoms with Crippen molar-refractivity contribution in [1.29, 1.82) is 0 Å². The zero-order valence-electron chi connectivity index (χ0n) is 8.27. The minimum Gasteiger partial charge on any atom is -0.381 e. The first-order valence-electron chi connectivity index (χ1n) is 4.85. The molecular formula is C10H14N2O2. The minimum atomic E-state index is -0.457. The fourth-order valence-electron chi connectivity index (χ4n) is 1.97. The molecule has 2 heterocycles. The summed E-state index contributed by atoms with van der Waals surface area (Å²) in [5, 5.41) is 4.17. The first-order valence-corrected chi connectivity index (χ1v) is 4.85. The molecule has 0 N–H and O–H groups in total. The highest BCUT2D eigenvalue weighted by atomic mass is 16.5. The highest BCUT2D eigenvalue weighted by molar-refractivity contribution is 5.84. The molecule has 0 unspecified atom stereocenters. The Morgan fingerprint density at radius 3 is 2.71 bits per heavy atom. The van der Waals surface area contributed by atoms with Crippen molar-refractivity contribution in [1.82, 2.24) is 9.78 Å². The fourth-order valence-corrected chi connectivity index (χ4v) is 1.97. The van der Waals surface area contributed by atoms with Gasteiger partial charge in [0.25, 0.3) is 0 Å². The van der Waals surface area contributed by atoms with E-state index >= 15 is 0 Å². The summed E-state index contributed by atoms with van der Waals surface area (Å²) in [6, 6.07) is 1.85. The number of ketones is 1. The van der Waals surface area contributed by atoms with E-state index in [0.717, 1.165) is 12.8 Å². The third-order valence-electron chi connectivity index (χ3n) is 2.92. The summed E-state index contributed by atoms with van der Waals surface area (Å²) in [6.45, 7) is 2.91. The van der Waals surface area contributed by atoms with Gasteiger partial charge in [-0.1, -0.05) is 0 Å². The summed E-state index contributed by atoms with van der Waals surface area (Å²) in [6.07, 6.45) is 5.01. The second-order valence-corrected chi connectivity index (χ2v) is 3.65. The van der Waals surface area contributed by atoms with E-state index in [0.29, 0.717) is 13.2 Å². The Kier molecular flexibility index (Phi) is 2.37. The minimum absolute atomic E-state index is 0.171. The maximum Gasteiger partial charge on any atom is 0.157 e. The predicted octanol–water partition coefficient (Wildman–Crippen LogP) is 0.978.